The van der Waals surface area contributed by atoms with Gasteiger partial charge in [0, 0.05) is 0 Å². The van der Waals surface area contributed by atoms with Crippen LogP contribution in [0.3, 0.4) is 0 Å². The summed E-state index contributed by atoms with van der Waals surface area (Å²) in [5.41, 5.74) is -24.4. The van der Waals surface area contributed by atoms with E-state index in [9.17, 15) is 86.4 Å². The number of sulfone groups is 4. The van der Waals surface area contributed by atoms with Crippen molar-refractivity contribution in [3.8, 4) is 0 Å². The van der Waals surface area contributed by atoms with Gasteiger partial charge in [-0.2, -0.15) is 52.7 Å². The van der Waals surface area contributed by atoms with Crippen LogP contribution in [0.15, 0.2) is 0 Å². The molecular formula is C11H14Cl2F12O8S4. The van der Waals surface area contributed by atoms with E-state index in [0.717, 1.165) is 6.92 Å². The molecule has 0 aromatic heterocycles. The average Bonchev–Trinajstić information content (AvgIpc) is 2.62. The van der Waals surface area contributed by atoms with Crippen molar-refractivity contribution in [2.45, 2.75) is 52.1 Å². The minimum Gasteiger partial charge on any atom is -0.220 e. The molecule has 0 aliphatic carbocycles. The largest absolute Gasteiger partial charge is 0.498 e. The number of halogens is 14. The lowest BCUT2D eigenvalue weighted by Gasteiger charge is -2.23. The molecule has 228 valence electrons. The van der Waals surface area contributed by atoms with Gasteiger partial charge in [0.15, 0.2) is 4.58 Å². The van der Waals surface area contributed by atoms with E-state index in [1.165, 1.54) is 0 Å². The molecule has 0 saturated carbocycles. The zero-order chi connectivity index (χ0) is 31.3. The number of hydrogen-bond donors (Lipinski definition) is 0. The lowest BCUT2D eigenvalue weighted by atomic mass is 10.4. The van der Waals surface area contributed by atoms with Crippen LogP contribution in [0.5, 0.6) is 0 Å². The summed E-state index contributed by atoms with van der Waals surface area (Å²) in [5.74, 6) is -0.892. The SMILES string of the molecule is CC(CC(S(=O)(=O)C(F)(F)F)S(=O)(=O)C(F)(F)F)S(=O)(=O)C(F)(F)F.CCS(=O)(=O)C(F)(F)F.ClCCl. The fraction of sp³-hybridized carbons (Fsp3) is 1.00. The van der Waals surface area contributed by atoms with Gasteiger partial charge in [-0.05, 0) is 13.3 Å². The molecule has 0 spiro atoms. The van der Waals surface area contributed by atoms with E-state index in [1.807, 2.05) is 0 Å². The van der Waals surface area contributed by atoms with Gasteiger partial charge in [-0.25, -0.2) is 33.7 Å². The lowest BCUT2D eigenvalue weighted by Crippen LogP contribution is -2.47. The van der Waals surface area contributed by atoms with Crippen LogP contribution >= 0.6 is 23.2 Å². The van der Waals surface area contributed by atoms with Crippen LogP contribution in [0, 0.1) is 0 Å². The maximum atomic E-state index is 12.4. The molecule has 0 saturated heterocycles. The Kier molecular flexibility index (Phi) is 14.7. The Balaban J connectivity index is -0.000000797. The van der Waals surface area contributed by atoms with E-state index in [0.29, 0.717) is 0 Å². The maximum absolute atomic E-state index is 12.4. The van der Waals surface area contributed by atoms with Crippen molar-refractivity contribution in [2.24, 2.45) is 0 Å². The molecule has 1 unspecified atom stereocenters. The van der Waals surface area contributed by atoms with Crippen molar-refractivity contribution < 1.29 is 86.4 Å². The molecule has 26 heteroatoms. The number of hydrogen-bond acceptors (Lipinski definition) is 8. The van der Waals surface area contributed by atoms with Crippen LogP contribution in [-0.2, 0) is 39.3 Å². The average molecular weight is 701 g/mol. The van der Waals surface area contributed by atoms with Crippen LogP contribution < -0.4 is 0 Å². The van der Waals surface area contributed by atoms with Gasteiger partial charge in [0.2, 0.25) is 9.84 Å². The quantitative estimate of drug-likeness (QED) is 0.296. The first-order valence-corrected chi connectivity index (χ1v) is 15.4. The van der Waals surface area contributed by atoms with Crippen molar-refractivity contribution in [1.82, 2.24) is 0 Å². The molecule has 0 aliphatic heterocycles. The van der Waals surface area contributed by atoms with Crippen molar-refractivity contribution >= 4 is 62.6 Å². The Morgan fingerprint density at radius 1 is 0.568 bits per heavy atom. The third-order valence-electron chi connectivity index (χ3n) is 3.45. The zero-order valence-corrected chi connectivity index (χ0v) is 22.2. The molecule has 0 aromatic carbocycles. The van der Waals surface area contributed by atoms with E-state index in [-0.39, 0.29) is 12.3 Å². The summed E-state index contributed by atoms with van der Waals surface area (Å²) < 4.78 is 226. The third-order valence-corrected chi connectivity index (χ3v) is 11.4. The van der Waals surface area contributed by atoms with Crippen LogP contribution in [0.25, 0.3) is 0 Å². The minimum atomic E-state index is -7.22. The predicted octanol–water partition coefficient (Wildman–Crippen LogP) is 4.26. The lowest BCUT2D eigenvalue weighted by molar-refractivity contribution is -0.0475. The van der Waals surface area contributed by atoms with Crippen LogP contribution in [0.2, 0.25) is 0 Å². The Morgan fingerprint density at radius 2 is 0.811 bits per heavy atom. The van der Waals surface area contributed by atoms with Crippen molar-refractivity contribution in [3.05, 3.63) is 0 Å². The van der Waals surface area contributed by atoms with Gasteiger partial charge in [0.25, 0.3) is 29.5 Å². The normalized spacial score (nSPS) is 15.3. The summed E-state index contributed by atoms with van der Waals surface area (Å²) in [6.45, 7) is 0.871. The van der Waals surface area contributed by atoms with Crippen molar-refractivity contribution in [2.75, 3.05) is 11.1 Å². The fourth-order valence-corrected chi connectivity index (χ4v) is 6.65. The first-order chi connectivity index (χ1) is 15.7. The van der Waals surface area contributed by atoms with Crippen LogP contribution in [0.4, 0.5) is 52.7 Å². The molecule has 0 amide bonds. The van der Waals surface area contributed by atoms with E-state index in [1.54, 1.807) is 0 Å². The summed E-state index contributed by atoms with van der Waals surface area (Å²) in [7, 11) is -25.7. The van der Waals surface area contributed by atoms with Gasteiger partial charge in [-0.15, -0.1) is 23.2 Å². The molecule has 0 heterocycles. The monoisotopic (exact) mass is 700 g/mol. The predicted molar refractivity (Wildman–Crippen MR) is 105 cm³/mol. The summed E-state index contributed by atoms with van der Waals surface area (Å²) in [4.78, 5) is 0. The highest BCUT2D eigenvalue weighted by molar-refractivity contribution is 8.09. The third kappa shape index (κ3) is 10.9. The van der Waals surface area contributed by atoms with E-state index in [2.05, 4.69) is 0 Å². The Bertz CT molecular complexity index is 1110. The molecule has 0 radical (unpaired) electrons. The zero-order valence-electron chi connectivity index (χ0n) is 17.5. The highest BCUT2D eigenvalue weighted by Gasteiger charge is 2.64. The first-order valence-electron chi connectivity index (χ1n) is 8.05. The highest BCUT2D eigenvalue weighted by Crippen LogP contribution is 2.40. The molecule has 8 nitrogen and oxygen atoms in total. The van der Waals surface area contributed by atoms with Crippen molar-refractivity contribution in [1.29, 1.82) is 0 Å². The molecule has 0 fully saturated rings. The van der Waals surface area contributed by atoms with Gasteiger partial charge in [-0.1, -0.05) is 6.92 Å². The van der Waals surface area contributed by atoms with Gasteiger partial charge in [0.1, 0.15) is 0 Å². The highest BCUT2D eigenvalue weighted by atomic mass is 35.5. The summed E-state index contributed by atoms with van der Waals surface area (Å²) in [6.07, 6.45) is -2.63. The standard InChI is InChI=1S/C7H7F9O6S3.C3H5F3O2S.CH2Cl2/c1-3(23(17,18)5(8,9)10)2-4(24(19,20)6(11,12)13)25(21,22)7(14,15)16;1-2-9(7,8)3(4,5)6;2-1-3/h3-4H,2H2,1H3;2H2,1H3;1H2. The van der Waals surface area contributed by atoms with Gasteiger partial charge in [-0.3, -0.25) is 0 Å². The molecular weight excluding hydrogens is 687 g/mol. The topological polar surface area (TPSA) is 137 Å². The van der Waals surface area contributed by atoms with E-state index < -0.39 is 83.4 Å². The molecule has 37 heavy (non-hydrogen) atoms. The van der Waals surface area contributed by atoms with E-state index >= 15 is 0 Å². The summed E-state index contributed by atoms with van der Waals surface area (Å²) in [6, 6.07) is 0. The fourth-order valence-electron chi connectivity index (χ4n) is 1.51. The summed E-state index contributed by atoms with van der Waals surface area (Å²) >= 11 is 9.53. The maximum Gasteiger partial charge on any atom is 0.498 e. The molecule has 0 aliphatic rings. The number of rotatable bonds is 6. The number of alkyl halides is 14. The van der Waals surface area contributed by atoms with Gasteiger partial charge >= 0.3 is 22.0 Å². The van der Waals surface area contributed by atoms with Crippen molar-refractivity contribution in [3.63, 3.8) is 0 Å². The van der Waals surface area contributed by atoms with Crippen LogP contribution in [-0.4, -0.2) is 76.6 Å². The molecule has 0 aromatic rings. The van der Waals surface area contributed by atoms with Gasteiger partial charge < -0.3 is 0 Å². The smallest absolute Gasteiger partial charge is 0.220 e. The van der Waals surface area contributed by atoms with E-state index in [4.69, 9.17) is 23.2 Å². The molecule has 1 atom stereocenters. The van der Waals surface area contributed by atoms with Gasteiger partial charge in [0.05, 0.1) is 16.3 Å². The Labute approximate surface area is 211 Å². The molecule has 0 N–H and O–H groups in total. The molecule has 0 bridgehead atoms. The minimum absolute atomic E-state index is 0.0758. The Morgan fingerprint density at radius 3 is 0.946 bits per heavy atom. The van der Waals surface area contributed by atoms with Crippen LogP contribution in [0.1, 0.15) is 20.3 Å². The Hall–Kier alpha value is -0.460. The summed E-state index contributed by atoms with van der Waals surface area (Å²) in [5, 5.41) is -3.04. The second kappa shape index (κ2) is 13.3. The second-order valence-electron chi connectivity index (χ2n) is 5.90. The second-order valence-corrected chi connectivity index (χ2v) is 15.9. The first kappa shape index (κ1) is 41.0. The molecule has 0 rings (SSSR count).